The number of anilines is 2. The summed E-state index contributed by atoms with van der Waals surface area (Å²) < 4.78 is 0. The molecule has 0 bridgehead atoms. The monoisotopic (exact) mass is 446 g/mol. The Labute approximate surface area is 202 Å². The molecule has 3 heteroatoms. The average molecular weight is 447 g/mol. The molecule has 0 spiro atoms. The zero-order valence-corrected chi connectivity index (χ0v) is 20.0. The molecule has 1 atom stereocenters. The fraction of sp³-hybridized carbons (Fsp3) is 0.194. The van der Waals surface area contributed by atoms with E-state index in [1.165, 1.54) is 11.1 Å². The van der Waals surface area contributed by atoms with E-state index < -0.39 is 0 Å². The van der Waals surface area contributed by atoms with Gasteiger partial charge in [0.05, 0.1) is 11.3 Å². The maximum absolute atomic E-state index is 13.9. The van der Waals surface area contributed by atoms with Gasteiger partial charge in [-0.3, -0.25) is 9.69 Å². The summed E-state index contributed by atoms with van der Waals surface area (Å²) in [6.07, 6.45) is -0.265. The number of hydrogen-bond acceptors (Lipinski definition) is 2. The molecule has 3 nitrogen and oxygen atoms in total. The van der Waals surface area contributed by atoms with Crippen molar-refractivity contribution < 1.29 is 4.79 Å². The lowest BCUT2D eigenvalue weighted by Crippen LogP contribution is -2.49. The first-order valence-corrected chi connectivity index (χ1v) is 11.8. The van der Waals surface area contributed by atoms with E-state index >= 15 is 0 Å². The summed E-state index contributed by atoms with van der Waals surface area (Å²) in [5.74, 6) is 0.0241. The van der Waals surface area contributed by atoms with Crippen molar-refractivity contribution in [2.24, 2.45) is 0 Å². The van der Waals surface area contributed by atoms with Gasteiger partial charge in [0.25, 0.3) is 5.91 Å². The van der Waals surface area contributed by atoms with Crippen LogP contribution in [0.2, 0.25) is 0 Å². The lowest BCUT2D eigenvalue weighted by Gasteiger charge is -2.46. The van der Waals surface area contributed by atoms with Gasteiger partial charge in [0.1, 0.15) is 6.17 Å². The zero-order valence-electron chi connectivity index (χ0n) is 20.0. The van der Waals surface area contributed by atoms with E-state index in [2.05, 4.69) is 80.3 Å². The van der Waals surface area contributed by atoms with Crippen molar-refractivity contribution in [2.45, 2.75) is 38.9 Å². The molecule has 0 saturated carbocycles. The highest BCUT2D eigenvalue weighted by molar-refractivity contribution is 6.12. The van der Waals surface area contributed by atoms with Gasteiger partial charge in [-0.25, -0.2) is 0 Å². The predicted molar refractivity (Wildman–Crippen MR) is 140 cm³/mol. The smallest absolute Gasteiger partial charge is 0.262 e. The molecular weight excluding hydrogens is 416 g/mol. The lowest BCUT2D eigenvalue weighted by molar-refractivity contribution is 0.0968. The molecule has 1 amide bonds. The molecule has 0 radical (unpaired) electrons. The van der Waals surface area contributed by atoms with Gasteiger partial charge in [0.2, 0.25) is 0 Å². The summed E-state index contributed by atoms with van der Waals surface area (Å²) in [4.78, 5) is 18.2. The molecule has 170 valence electrons. The summed E-state index contributed by atoms with van der Waals surface area (Å²) in [6, 6.07) is 37.2. The molecule has 1 heterocycles. The molecule has 0 fully saturated rings. The van der Waals surface area contributed by atoms with Crippen LogP contribution in [0, 0.1) is 0 Å². The van der Waals surface area contributed by atoms with Crippen molar-refractivity contribution in [3.8, 4) is 0 Å². The van der Waals surface area contributed by atoms with Crippen LogP contribution in [-0.2, 0) is 12.0 Å². The Kier molecular flexibility index (Phi) is 5.70. The number of carbonyl (C=O) groups is 1. The van der Waals surface area contributed by atoms with E-state index in [0.29, 0.717) is 6.54 Å². The normalized spacial score (nSPS) is 15.9. The minimum Gasteiger partial charge on any atom is -0.342 e. The maximum atomic E-state index is 13.9. The maximum Gasteiger partial charge on any atom is 0.262 e. The second kappa shape index (κ2) is 8.83. The van der Waals surface area contributed by atoms with Gasteiger partial charge in [-0.15, -0.1) is 0 Å². The van der Waals surface area contributed by atoms with Gasteiger partial charge in [-0.2, -0.15) is 0 Å². The van der Waals surface area contributed by atoms with Gasteiger partial charge in [0.15, 0.2) is 0 Å². The molecule has 0 aromatic heterocycles. The highest BCUT2D eigenvalue weighted by Crippen LogP contribution is 2.42. The van der Waals surface area contributed by atoms with E-state index in [0.717, 1.165) is 22.5 Å². The zero-order chi connectivity index (χ0) is 23.7. The third-order valence-corrected chi connectivity index (χ3v) is 6.51. The van der Waals surface area contributed by atoms with Crippen molar-refractivity contribution >= 4 is 17.3 Å². The van der Waals surface area contributed by atoms with Crippen molar-refractivity contribution in [3.05, 3.63) is 131 Å². The number of rotatable bonds is 4. The first kappa shape index (κ1) is 22.0. The number of para-hydroxylation sites is 2. The molecule has 1 aliphatic rings. The van der Waals surface area contributed by atoms with Crippen LogP contribution in [0.25, 0.3) is 0 Å². The van der Waals surface area contributed by atoms with E-state index in [-0.39, 0.29) is 17.5 Å². The molecule has 34 heavy (non-hydrogen) atoms. The number of hydrogen-bond donors (Lipinski definition) is 0. The molecule has 5 rings (SSSR count). The van der Waals surface area contributed by atoms with Crippen LogP contribution in [0.15, 0.2) is 109 Å². The Morgan fingerprint density at radius 3 is 1.94 bits per heavy atom. The summed E-state index contributed by atoms with van der Waals surface area (Å²) >= 11 is 0. The molecule has 4 aromatic rings. The predicted octanol–water partition coefficient (Wildman–Crippen LogP) is 7.35. The van der Waals surface area contributed by atoms with Gasteiger partial charge in [-0.05, 0) is 46.4 Å². The third-order valence-electron chi connectivity index (χ3n) is 6.51. The van der Waals surface area contributed by atoms with Crippen LogP contribution in [0.1, 0.15) is 54.0 Å². The largest absolute Gasteiger partial charge is 0.342 e. The Hall–Kier alpha value is -3.85. The Morgan fingerprint density at radius 1 is 0.706 bits per heavy atom. The van der Waals surface area contributed by atoms with E-state index in [1.807, 2.05) is 59.5 Å². The van der Waals surface area contributed by atoms with E-state index in [9.17, 15) is 4.79 Å². The molecule has 0 unspecified atom stereocenters. The second-order valence-corrected chi connectivity index (χ2v) is 9.89. The van der Waals surface area contributed by atoms with Crippen LogP contribution in [0.3, 0.4) is 0 Å². The Balaban J connectivity index is 1.70. The first-order chi connectivity index (χ1) is 16.4. The fourth-order valence-electron chi connectivity index (χ4n) is 4.70. The first-order valence-electron chi connectivity index (χ1n) is 11.8. The second-order valence-electron chi connectivity index (χ2n) is 9.89. The van der Waals surface area contributed by atoms with Crippen LogP contribution in [0.5, 0.6) is 0 Å². The standard InChI is InChI=1S/C31H30N2O/c1-31(2,3)25-20-18-24(19-21-25)29-32(22-23-12-6-4-7-13-23)28-17-11-10-16-27(28)30(34)33(29)26-14-8-5-9-15-26/h4-21,29H,22H2,1-3H3/t29-/m0/s1. The van der Waals surface area contributed by atoms with E-state index in [4.69, 9.17) is 0 Å². The quantitative estimate of drug-likeness (QED) is 0.327. The van der Waals surface area contributed by atoms with Crippen molar-refractivity contribution in [1.29, 1.82) is 0 Å². The van der Waals surface area contributed by atoms with E-state index in [1.54, 1.807) is 0 Å². The molecule has 0 aliphatic carbocycles. The number of benzene rings is 4. The van der Waals surface area contributed by atoms with Gasteiger partial charge in [-0.1, -0.05) is 106 Å². The Bertz CT molecular complexity index is 1270. The highest BCUT2D eigenvalue weighted by Gasteiger charge is 2.39. The third kappa shape index (κ3) is 4.10. The lowest BCUT2D eigenvalue weighted by atomic mass is 9.86. The highest BCUT2D eigenvalue weighted by atomic mass is 16.2. The molecular formula is C31H30N2O. The van der Waals surface area contributed by atoms with Crippen LogP contribution in [-0.4, -0.2) is 5.91 Å². The fourth-order valence-corrected chi connectivity index (χ4v) is 4.70. The minimum absolute atomic E-state index is 0.0241. The molecule has 0 saturated heterocycles. The number of nitrogens with zero attached hydrogens (tertiary/aromatic N) is 2. The van der Waals surface area contributed by atoms with Crippen LogP contribution in [0.4, 0.5) is 11.4 Å². The van der Waals surface area contributed by atoms with Crippen molar-refractivity contribution in [1.82, 2.24) is 0 Å². The molecule has 0 N–H and O–H groups in total. The number of carbonyl (C=O) groups excluding carboxylic acids is 1. The van der Waals surface area contributed by atoms with Crippen LogP contribution < -0.4 is 9.80 Å². The molecule has 1 aliphatic heterocycles. The number of fused-ring (bicyclic) bond motifs is 1. The molecule has 4 aromatic carbocycles. The summed E-state index contributed by atoms with van der Waals surface area (Å²) in [5.41, 5.74) is 6.23. The SMILES string of the molecule is CC(C)(C)c1ccc([C@H]2N(Cc3ccccc3)c3ccccc3C(=O)N2c2ccccc2)cc1. The summed E-state index contributed by atoms with van der Waals surface area (Å²) in [5, 5.41) is 0. The Morgan fingerprint density at radius 2 is 1.29 bits per heavy atom. The van der Waals surface area contributed by atoms with Gasteiger partial charge < -0.3 is 4.90 Å². The van der Waals surface area contributed by atoms with Crippen molar-refractivity contribution in [2.75, 3.05) is 9.80 Å². The summed E-state index contributed by atoms with van der Waals surface area (Å²) in [6.45, 7) is 7.36. The summed E-state index contributed by atoms with van der Waals surface area (Å²) in [7, 11) is 0. The number of amides is 1. The van der Waals surface area contributed by atoms with Crippen LogP contribution >= 0.6 is 0 Å². The average Bonchev–Trinajstić information content (AvgIpc) is 2.86. The minimum atomic E-state index is -0.265. The van der Waals surface area contributed by atoms with Gasteiger partial charge >= 0.3 is 0 Å². The van der Waals surface area contributed by atoms with Gasteiger partial charge in [0, 0.05) is 12.2 Å². The van der Waals surface area contributed by atoms with Crippen molar-refractivity contribution in [3.63, 3.8) is 0 Å². The topological polar surface area (TPSA) is 23.6 Å².